The average molecular weight is 318 g/mol. The van der Waals surface area contributed by atoms with Crippen molar-refractivity contribution in [2.45, 2.75) is 39.8 Å². The molecule has 0 amide bonds. The maximum Gasteiger partial charge on any atom is 0.124 e. The molecule has 0 aliphatic heterocycles. The highest BCUT2D eigenvalue weighted by Crippen LogP contribution is 2.24. The van der Waals surface area contributed by atoms with Crippen molar-refractivity contribution in [2.24, 2.45) is 0 Å². The quantitative estimate of drug-likeness (QED) is 0.682. The van der Waals surface area contributed by atoms with Crippen LogP contribution in [0.2, 0.25) is 5.02 Å². The van der Waals surface area contributed by atoms with Crippen LogP contribution in [-0.4, -0.2) is 6.54 Å². The van der Waals surface area contributed by atoms with Crippen LogP contribution in [0.1, 0.15) is 36.5 Å². The predicted octanol–water partition coefficient (Wildman–Crippen LogP) is 5.12. The van der Waals surface area contributed by atoms with E-state index < -0.39 is 0 Å². The molecule has 0 heterocycles. The van der Waals surface area contributed by atoms with Gasteiger partial charge >= 0.3 is 0 Å². The van der Waals surface area contributed by atoms with E-state index in [1.165, 1.54) is 24.0 Å². The summed E-state index contributed by atoms with van der Waals surface area (Å²) >= 11 is 6.11. The fourth-order valence-corrected chi connectivity index (χ4v) is 2.39. The normalized spacial score (nSPS) is 10.7. The number of aryl methyl sites for hydroxylation is 1. The smallest absolute Gasteiger partial charge is 0.124 e. The molecule has 2 rings (SSSR count). The number of halogens is 1. The first-order valence-electron chi connectivity index (χ1n) is 7.86. The van der Waals surface area contributed by atoms with E-state index in [-0.39, 0.29) is 0 Å². The van der Waals surface area contributed by atoms with E-state index in [1.54, 1.807) is 0 Å². The van der Waals surface area contributed by atoms with Gasteiger partial charge < -0.3 is 10.1 Å². The lowest BCUT2D eigenvalue weighted by Gasteiger charge is -2.13. The lowest BCUT2D eigenvalue weighted by molar-refractivity contribution is 0.302. The molecule has 0 atom stereocenters. The Balaban J connectivity index is 1.98. The van der Waals surface area contributed by atoms with Gasteiger partial charge in [-0.25, -0.2) is 0 Å². The van der Waals surface area contributed by atoms with Gasteiger partial charge in [-0.2, -0.15) is 0 Å². The van der Waals surface area contributed by atoms with Gasteiger partial charge in [0.15, 0.2) is 0 Å². The number of hydrogen-bond donors (Lipinski definition) is 1. The van der Waals surface area contributed by atoms with Gasteiger partial charge in [-0.05, 0) is 43.7 Å². The van der Waals surface area contributed by atoms with Crippen molar-refractivity contribution in [1.29, 1.82) is 0 Å². The van der Waals surface area contributed by atoms with E-state index in [1.807, 2.05) is 18.2 Å². The summed E-state index contributed by atoms with van der Waals surface area (Å²) in [5.41, 5.74) is 3.54. The monoisotopic (exact) mass is 317 g/mol. The third-order valence-corrected chi connectivity index (χ3v) is 3.80. The van der Waals surface area contributed by atoms with Gasteiger partial charge in [-0.1, -0.05) is 54.8 Å². The van der Waals surface area contributed by atoms with E-state index in [9.17, 15) is 0 Å². The number of unbranched alkanes of at least 4 members (excludes halogenated alkanes) is 1. The molecule has 0 unspecified atom stereocenters. The molecule has 118 valence electrons. The van der Waals surface area contributed by atoms with Gasteiger partial charge in [-0.3, -0.25) is 0 Å². The molecular weight excluding hydrogens is 294 g/mol. The SMILES string of the molecule is CCCCNCc1cc(Cl)ccc1OCc1ccc(C)cc1. The zero-order valence-electron chi connectivity index (χ0n) is 13.4. The minimum atomic E-state index is 0.573. The number of nitrogens with one attached hydrogen (secondary N) is 1. The van der Waals surface area contributed by atoms with E-state index in [0.717, 1.165) is 29.4 Å². The zero-order valence-corrected chi connectivity index (χ0v) is 14.1. The summed E-state index contributed by atoms with van der Waals surface area (Å²) in [4.78, 5) is 0. The van der Waals surface area contributed by atoms with Crippen LogP contribution in [0.5, 0.6) is 5.75 Å². The third kappa shape index (κ3) is 5.36. The van der Waals surface area contributed by atoms with Crippen LogP contribution in [0.3, 0.4) is 0 Å². The maximum atomic E-state index is 6.11. The van der Waals surface area contributed by atoms with Gasteiger partial charge in [0.1, 0.15) is 12.4 Å². The highest BCUT2D eigenvalue weighted by atomic mass is 35.5. The molecule has 3 heteroatoms. The third-order valence-electron chi connectivity index (χ3n) is 3.56. The summed E-state index contributed by atoms with van der Waals surface area (Å²) in [5, 5.41) is 4.18. The Kier molecular flexibility index (Phi) is 6.75. The molecule has 0 radical (unpaired) electrons. The molecule has 0 aliphatic rings. The molecule has 0 aliphatic carbocycles. The first-order chi connectivity index (χ1) is 10.7. The summed E-state index contributed by atoms with van der Waals surface area (Å²) < 4.78 is 5.98. The number of benzene rings is 2. The first kappa shape index (κ1) is 16.9. The van der Waals surface area contributed by atoms with Crippen LogP contribution < -0.4 is 10.1 Å². The molecule has 2 aromatic carbocycles. The Morgan fingerprint density at radius 1 is 1.09 bits per heavy atom. The van der Waals surface area contributed by atoms with Crippen LogP contribution in [-0.2, 0) is 13.2 Å². The standard InChI is InChI=1S/C19H24ClNO/c1-3-4-11-21-13-17-12-18(20)9-10-19(17)22-14-16-7-5-15(2)6-8-16/h5-10,12,21H,3-4,11,13-14H2,1-2H3. The van der Waals surface area contributed by atoms with Crippen LogP contribution >= 0.6 is 11.6 Å². The first-order valence-corrected chi connectivity index (χ1v) is 8.24. The topological polar surface area (TPSA) is 21.3 Å². The molecule has 0 fully saturated rings. The second-order valence-corrected chi connectivity index (χ2v) is 5.99. The molecule has 0 saturated heterocycles. The Morgan fingerprint density at radius 3 is 2.59 bits per heavy atom. The maximum absolute atomic E-state index is 6.11. The lowest BCUT2D eigenvalue weighted by Crippen LogP contribution is -2.15. The van der Waals surface area contributed by atoms with Crippen LogP contribution in [0, 0.1) is 6.92 Å². The Bertz CT molecular complexity index is 580. The highest BCUT2D eigenvalue weighted by Gasteiger charge is 2.05. The Labute approximate surface area is 138 Å². The van der Waals surface area contributed by atoms with Crippen molar-refractivity contribution in [3.05, 3.63) is 64.2 Å². The lowest BCUT2D eigenvalue weighted by atomic mass is 10.1. The average Bonchev–Trinajstić information content (AvgIpc) is 2.52. The van der Waals surface area contributed by atoms with Crippen molar-refractivity contribution in [2.75, 3.05) is 6.54 Å². The molecule has 0 bridgehead atoms. The van der Waals surface area contributed by atoms with Gasteiger partial charge in [0.25, 0.3) is 0 Å². The van der Waals surface area contributed by atoms with Crippen LogP contribution in [0.4, 0.5) is 0 Å². The van der Waals surface area contributed by atoms with Gasteiger partial charge in [0.05, 0.1) is 0 Å². The Morgan fingerprint density at radius 2 is 1.86 bits per heavy atom. The molecule has 2 aromatic rings. The molecule has 0 saturated carbocycles. The van der Waals surface area contributed by atoms with Crippen LogP contribution in [0.25, 0.3) is 0 Å². The van der Waals surface area contributed by atoms with Gasteiger partial charge in [-0.15, -0.1) is 0 Å². The predicted molar refractivity (Wildman–Crippen MR) is 93.6 cm³/mol. The molecular formula is C19H24ClNO. The number of hydrogen-bond acceptors (Lipinski definition) is 2. The molecule has 1 N–H and O–H groups in total. The fraction of sp³-hybridized carbons (Fsp3) is 0.368. The molecule has 0 spiro atoms. The van der Waals surface area contributed by atoms with Crippen molar-refractivity contribution in [3.63, 3.8) is 0 Å². The van der Waals surface area contributed by atoms with Crippen molar-refractivity contribution in [3.8, 4) is 5.75 Å². The van der Waals surface area contributed by atoms with E-state index in [0.29, 0.717) is 6.61 Å². The fourth-order valence-electron chi connectivity index (χ4n) is 2.20. The number of ether oxygens (including phenoxy) is 1. The van der Waals surface area contributed by atoms with Crippen molar-refractivity contribution >= 4 is 11.6 Å². The summed E-state index contributed by atoms with van der Waals surface area (Å²) in [6.07, 6.45) is 2.37. The second-order valence-electron chi connectivity index (χ2n) is 5.56. The summed E-state index contributed by atoms with van der Waals surface area (Å²) in [7, 11) is 0. The van der Waals surface area contributed by atoms with E-state index in [4.69, 9.17) is 16.3 Å². The molecule has 0 aromatic heterocycles. The summed E-state index contributed by atoms with van der Waals surface area (Å²) in [5.74, 6) is 0.897. The molecule has 22 heavy (non-hydrogen) atoms. The zero-order chi connectivity index (χ0) is 15.8. The van der Waals surface area contributed by atoms with Crippen molar-refractivity contribution < 1.29 is 4.74 Å². The van der Waals surface area contributed by atoms with Crippen molar-refractivity contribution in [1.82, 2.24) is 5.32 Å². The minimum absolute atomic E-state index is 0.573. The molecule has 2 nitrogen and oxygen atoms in total. The van der Waals surface area contributed by atoms with Gasteiger partial charge in [0.2, 0.25) is 0 Å². The largest absolute Gasteiger partial charge is 0.489 e. The summed E-state index contributed by atoms with van der Waals surface area (Å²) in [6, 6.07) is 14.2. The van der Waals surface area contributed by atoms with E-state index in [2.05, 4.69) is 43.4 Å². The summed E-state index contributed by atoms with van der Waals surface area (Å²) in [6.45, 7) is 6.65. The minimum Gasteiger partial charge on any atom is -0.489 e. The Hall–Kier alpha value is -1.51. The van der Waals surface area contributed by atoms with Crippen LogP contribution in [0.15, 0.2) is 42.5 Å². The van der Waals surface area contributed by atoms with Gasteiger partial charge in [0, 0.05) is 17.1 Å². The second kappa shape index (κ2) is 8.82. The van der Waals surface area contributed by atoms with E-state index >= 15 is 0 Å². The highest BCUT2D eigenvalue weighted by molar-refractivity contribution is 6.30. The number of rotatable bonds is 8.